The molecule has 16 heavy (non-hydrogen) atoms. The van der Waals surface area contributed by atoms with Crippen LogP contribution in [0, 0.1) is 0 Å². The summed E-state index contributed by atoms with van der Waals surface area (Å²) < 4.78 is 11.1. The van der Waals surface area contributed by atoms with Gasteiger partial charge < -0.3 is 9.47 Å². The SMILES string of the molecule is C=N/C(=C\C(=C/C)CC)OC1CCOCC1. The summed E-state index contributed by atoms with van der Waals surface area (Å²) in [7, 11) is 0. The lowest BCUT2D eigenvalue weighted by atomic mass is 10.1. The first-order valence-corrected chi connectivity index (χ1v) is 5.88. The van der Waals surface area contributed by atoms with Crippen molar-refractivity contribution in [3.63, 3.8) is 0 Å². The van der Waals surface area contributed by atoms with Crippen molar-refractivity contribution in [3.8, 4) is 0 Å². The van der Waals surface area contributed by atoms with E-state index < -0.39 is 0 Å². The number of ether oxygens (including phenoxy) is 2. The van der Waals surface area contributed by atoms with Crippen LogP contribution in [-0.4, -0.2) is 26.0 Å². The summed E-state index contributed by atoms with van der Waals surface area (Å²) in [5, 5.41) is 0. The van der Waals surface area contributed by atoms with Gasteiger partial charge in [0.1, 0.15) is 6.10 Å². The van der Waals surface area contributed by atoms with Gasteiger partial charge in [-0.05, 0) is 25.6 Å². The molecule has 1 fully saturated rings. The molecule has 0 saturated carbocycles. The largest absolute Gasteiger partial charge is 0.474 e. The zero-order valence-corrected chi connectivity index (χ0v) is 10.2. The normalized spacial score (nSPS) is 19.6. The van der Waals surface area contributed by atoms with Gasteiger partial charge in [-0.25, -0.2) is 4.99 Å². The molecular formula is C13H21NO2. The minimum Gasteiger partial charge on any atom is -0.474 e. The van der Waals surface area contributed by atoms with Crippen LogP contribution >= 0.6 is 0 Å². The second-order valence-electron chi connectivity index (χ2n) is 3.79. The Bertz CT molecular complexity index is 276. The molecular weight excluding hydrogens is 202 g/mol. The third-order valence-corrected chi connectivity index (χ3v) is 2.70. The number of aliphatic imine (C=N–C) groups is 1. The van der Waals surface area contributed by atoms with E-state index in [1.807, 2.05) is 13.0 Å². The summed E-state index contributed by atoms with van der Waals surface area (Å²) in [4.78, 5) is 3.93. The molecule has 0 aromatic heterocycles. The summed E-state index contributed by atoms with van der Waals surface area (Å²) in [6.45, 7) is 9.23. The molecule has 1 aliphatic rings. The zero-order valence-electron chi connectivity index (χ0n) is 10.2. The number of nitrogens with zero attached hydrogens (tertiary/aromatic N) is 1. The van der Waals surface area contributed by atoms with Crippen LogP contribution in [0.4, 0.5) is 0 Å². The second kappa shape index (κ2) is 7.23. The van der Waals surface area contributed by atoms with Gasteiger partial charge in [0.05, 0.1) is 13.2 Å². The average Bonchev–Trinajstić information content (AvgIpc) is 2.35. The molecule has 0 atom stereocenters. The fourth-order valence-corrected chi connectivity index (χ4v) is 1.63. The molecule has 1 aliphatic heterocycles. The summed E-state index contributed by atoms with van der Waals surface area (Å²) in [5.74, 6) is 0.627. The third kappa shape index (κ3) is 4.19. The van der Waals surface area contributed by atoms with E-state index in [0.717, 1.165) is 32.5 Å². The highest BCUT2D eigenvalue weighted by Gasteiger charge is 2.15. The smallest absolute Gasteiger partial charge is 0.213 e. The van der Waals surface area contributed by atoms with E-state index in [1.54, 1.807) is 0 Å². The van der Waals surface area contributed by atoms with Crippen LogP contribution in [0.5, 0.6) is 0 Å². The lowest BCUT2D eigenvalue weighted by molar-refractivity contribution is -0.00428. The zero-order chi connectivity index (χ0) is 11.8. The van der Waals surface area contributed by atoms with Gasteiger partial charge in [-0.3, -0.25) is 0 Å². The maximum Gasteiger partial charge on any atom is 0.213 e. The van der Waals surface area contributed by atoms with E-state index in [1.165, 1.54) is 5.57 Å². The monoisotopic (exact) mass is 223 g/mol. The highest BCUT2D eigenvalue weighted by atomic mass is 16.5. The Hall–Kier alpha value is -1.09. The molecule has 0 bridgehead atoms. The molecule has 0 amide bonds. The molecule has 0 aromatic rings. The van der Waals surface area contributed by atoms with Gasteiger partial charge in [-0.1, -0.05) is 13.0 Å². The van der Waals surface area contributed by atoms with Crippen molar-refractivity contribution in [2.45, 2.75) is 39.2 Å². The number of rotatable bonds is 5. The van der Waals surface area contributed by atoms with Crippen LogP contribution in [0.25, 0.3) is 0 Å². The molecule has 0 aromatic carbocycles. The van der Waals surface area contributed by atoms with Crippen molar-refractivity contribution in [3.05, 3.63) is 23.6 Å². The molecule has 3 nitrogen and oxygen atoms in total. The van der Waals surface area contributed by atoms with E-state index >= 15 is 0 Å². The quantitative estimate of drug-likeness (QED) is 0.407. The molecule has 1 saturated heterocycles. The molecule has 0 unspecified atom stereocenters. The van der Waals surface area contributed by atoms with E-state index in [9.17, 15) is 0 Å². The van der Waals surface area contributed by atoms with Crippen LogP contribution in [0.2, 0.25) is 0 Å². The first kappa shape index (κ1) is 13.0. The fourth-order valence-electron chi connectivity index (χ4n) is 1.63. The molecule has 0 spiro atoms. The maximum absolute atomic E-state index is 5.79. The van der Waals surface area contributed by atoms with Gasteiger partial charge in [0, 0.05) is 18.9 Å². The molecule has 1 heterocycles. The van der Waals surface area contributed by atoms with Crippen molar-refractivity contribution >= 4 is 6.72 Å². The van der Waals surface area contributed by atoms with E-state index in [0.29, 0.717) is 5.88 Å². The van der Waals surface area contributed by atoms with Gasteiger partial charge in [0.15, 0.2) is 0 Å². The standard InChI is InChI=1S/C13H21NO2/c1-4-11(5-2)10-13(14-3)16-12-6-8-15-9-7-12/h4,10,12H,3,5-9H2,1-2H3/b11-4-,13-10+. The van der Waals surface area contributed by atoms with Crippen molar-refractivity contribution < 1.29 is 9.47 Å². The lowest BCUT2D eigenvalue weighted by Gasteiger charge is -2.23. The number of hydrogen-bond acceptors (Lipinski definition) is 3. The highest BCUT2D eigenvalue weighted by Crippen LogP contribution is 2.17. The van der Waals surface area contributed by atoms with E-state index in [-0.39, 0.29) is 6.10 Å². The van der Waals surface area contributed by atoms with Crippen molar-refractivity contribution in [2.75, 3.05) is 13.2 Å². The minimum absolute atomic E-state index is 0.223. The van der Waals surface area contributed by atoms with Crippen molar-refractivity contribution in [1.82, 2.24) is 0 Å². The van der Waals surface area contributed by atoms with Crippen molar-refractivity contribution in [1.29, 1.82) is 0 Å². The second-order valence-corrected chi connectivity index (χ2v) is 3.79. The van der Waals surface area contributed by atoms with Gasteiger partial charge in [-0.15, -0.1) is 0 Å². The van der Waals surface area contributed by atoms with Crippen LogP contribution < -0.4 is 0 Å². The first-order valence-electron chi connectivity index (χ1n) is 5.88. The maximum atomic E-state index is 5.79. The van der Waals surface area contributed by atoms with Crippen LogP contribution in [0.1, 0.15) is 33.1 Å². The average molecular weight is 223 g/mol. The molecule has 0 radical (unpaired) electrons. The van der Waals surface area contributed by atoms with E-state index in [2.05, 4.69) is 24.7 Å². The fraction of sp³-hybridized carbons (Fsp3) is 0.615. The van der Waals surface area contributed by atoms with Crippen LogP contribution in [-0.2, 0) is 9.47 Å². The molecule has 0 N–H and O–H groups in total. The molecule has 90 valence electrons. The van der Waals surface area contributed by atoms with E-state index in [4.69, 9.17) is 9.47 Å². The lowest BCUT2D eigenvalue weighted by Crippen LogP contribution is -2.22. The Balaban J connectivity index is 2.56. The Kier molecular flexibility index (Phi) is 5.86. The van der Waals surface area contributed by atoms with Gasteiger partial charge in [-0.2, -0.15) is 0 Å². The molecule has 1 rings (SSSR count). The summed E-state index contributed by atoms with van der Waals surface area (Å²) in [6.07, 6.45) is 7.10. The summed E-state index contributed by atoms with van der Waals surface area (Å²) in [6, 6.07) is 0. The molecule has 0 aliphatic carbocycles. The Morgan fingerprint density at radius 1 is 1.50 bits per heavy atom. The number of allylic oxidation sites excluding steroid dienone is 3. The Labute approximate surface area is 97.9 Å². The Morgan fingerprint density at radius 3 is 2.69 bits per heavy atom. The molecule has 3 heteroatoms. The number of hydrogen-bond donors (Lipinski definition) is 0. The van der Waals surface area contributed by atoms with Gasteiger partial charge in [0.25, 0.3) is 0 Å². The van der Waals surface area contributed by atoms with Crippen molar-refractivity contribution in [2.24, 2.45) is 4.99 Å². The van der Waals surface area contributed by atoms with Gasteiger partial charge >= 0.3 is 0 Å². The summed E-state index contributed by atoms with van der Waals surface area (Å²) in [5.41, 5.74) is 1.22. The topological polar surface area (TPSA) is 30.8 Å². The Morgan fingerprint density at radius 2 is 2.19 bits per heavy atom. The van der Waals surface area contributed by atoms with Crippen LogP contribution in [0.3, 0.4) is 0 Å². The first-order chi connectivity index (χ1) is 7.80. The predicted molar refractivity (Wildman–Crippen MR) is 66.6 cm³/mol. The highest BCUT2D eigenvalue weighted by molar-refractivity contribution is 5.30. The minimum atomic E-state index is 0.223. The third-order valence-electron chi connectivity index (χ3n) is 2.70. The summed E-state index contributed by atoms with van der Waals surface area (Å²) >= 11 is 0. The predicted octanol–water partition coefficient (Wildman–Crippen LogP) is 3.08. The van der Waals surface area contributed by atoms with Gasteiger partial charge in [0.2, 0.25) is 5.88 Å². The van der Waals surface area contributed by atoms with Crippen LogP contribution in [0.15, 0.2) is 28.6 Å².